The Balaban J connectivity index is 2.08. The van der Waals surface area contributed by atoms with Crippen molar-refractivity contribution in [3.8, 4) is 0 Å². The van der Waals surface area contributed by atoms with Crippen molar-refractivity contribution in [3.05, 3.63) is 50.9 Å². The first-order chi connectivity index (χ1) is 9.47. The highest BCUT2D eigenvalue weighted by atomic mass is 35.5. The number of thiophene rings is 1. The monoisotopic (exact) mass is 310 g/mol. The first-order valence-electron chi connectivity index (χ1n) is 5.66. The van der Waals surface area contributed by atoms with Gasteiger partial charge in [0.1, 0.15) is 5.69 Å². The highest BCUT2D eigenvalue weighted by Crippen LogP contribution is 2.22. The summed E-state index contributed by atoms with van der Waals surface area (Å²) < 4.78 is 0.674. The van der Waals surface area contributed by atoms with Gasteiger partial charge in [-0.1, -0.05) is 11.6 Å². The lowest BCUT2D eigenvalue weighted by Gasteiger charge is -2.16. The van der Waals surface area contributed by atoms with Crippen molar-refractivity contribution in [2.45, 2.75) is 6.54 Å². The molecule has 0 saturated carbocycles. The van der Waals surface area contributed by atoms with Gasteiger partial charge in [-0.15, -0.1) is 11.3 Å². The van der Waals surface area contributed by atoms with Crippen molar-refractivity contribution >= 4 is 34.8 Å². The number of pyridine rings is 1. The summed E-state index contributed by atoms with van der Waals surface area (Å²) in [5, 5.41) is 8.75. The molecular formula is C13H11ClN2O3S. The Hall–Kier alpha value is -1.92. The largest absolute Gasteiger partial charge is 0.477 e. The molecule has 0 aliphatic heterocycles. The van der Waals surface area contributed by atoms with Crippen molar-refractivity contribution in [2.75, 3.05) is 7.05 Å². The van der Waals surface area contributed by atoms with E-state index in [1.165, 1.54) is 34.6 Å². The van der Waals surface area contributed by atoms with E-state index in [0.29, 0.717) is 16.4 Å². The van der Waals surface area contributed by atoms with E-state index in [0.717, 1.165) is 4.88 Å². The number of carbonyl (C=O) groups is 2. The summed E-state index contributed by atoms with van der Waals surface area (Å²) in [6, 6.07) is 6.41. The third kappa shape index (κ3) is 3.34. The Morgan fingerprint density at radius 3 is 2.60 bits per heavy atom. The third-order valence-electron chi connectivity index (χ3n) is 2.60. The van der Waals surface area contributed by atoms with E-state index >= 15 is 0 Å². The Kier molecular flexibility index (Phi) is 4.36. The second-order valence-corrected chi connectivity index (χ2v) is 5.90. The molecule has 0 bridgehead atoms. The van der Waals surface area contributed by atoms with E-state index in [9.17, 15) is 9.59 Å². The van der Waals surface area contributed by atoms with Gasteiger partial charge in [-0.05, 0) is 24.3 Å². The molecule has 0 spiro atoms. The second kappa shape index (κ2) is 6.02. The molecule has 0 fully saturated rings. The van der Waals surface area contributed by atoms with Crippen LogP contribution in [0.4, 0.5) is 0 Å². The quantitative estimate of drug-likeness (QED) is 0.942. The maximum absolute atomic E-state index is 12.1. The Labute approximate surface area is 124 Å². The minimum absolute atomic E-state index is 0.0887. The summed E-state index contributed by atoms with van der Waals surface area (Å²) in [5.41, 5.74) is 0.259. The lowest BCUT2D eigenvalue weighted by Crippen LogP contribution is -2.26. The lowest BCUT2D eigenvalue weighted by molar-refractivity contribution is 0.0688. The molecule has 2 heterocycles. The maximum Gasteiger partial charge on any atom is 0.354 e. The van der Waals surface area contributed by atoms with E-state index in [2.05, 4.69) is 4.98 Å². The first-order valence-corrected chi connectivity index (χ1v) is 6.86. The minimum atomic E-state index is -1.12. The number of carboxylic acids is 1. The average Bonchev–Trinajstić information content (AvgIpc) is 2.83. The van der Waals surface area contributed by atoms with E-state index in [1.807, 2.05) is 6.07 Å². The van der Waals surface area contributed by atoms with Crippen molar-refractivity contribution in [1.82, 2.24) is 9.88 Å². The SMILES string of the molecule is CN(Cc1ccc(Cl)s1)C(=O)c1ccc(C(=O)O)nc1. The molecule has 7 heteroatoms. The molecule has 0 radical (unpaired) electrons. The van der Waals surface area contributed by atoms with E-state index < -0.39 is 5.97 Å². The van der Waals surface area contributed by atoms with Crippen LogP contribution in [0.5, 0.6) is 0 Å². The molecule has 0 unspecified atom stereocenters. The third-order valence-corrected chi connectivity index (χ3v) is 3.81. The highest BCUT2D eigenvalue weighted by Gasteiger charge is 2.14. The fourth-order valence-corrected chi connectivity index (χ4v) is 2.75. The van der Waals surface area contributed by atoms with Gasteiger partial charge in [0.05, 0.1) is 16.4 Å². The number of hydrogen-bond acceptors (Lipinski definition) is 4. The van der Waals surface area contributed by atoms with Gasteiger partial charge >= 0.3 is 5.97 Å². The predicted octanol–water partition coefficient (Wildman–Crippen LogP) is 2.77. The van der Waals surface area contributed by atoms with Gasteiger partial charge in [-0.2, -0.15) is 0 Å². The fourth-order valence-electron chi connectivity index (χ4n) is 1.61. The molecule has 20 heavy (non-hydrogen) atoms. The zero-order chi connectivity index (χ0) is 14.7. The molecular weight excluding hydrogens is 300 g/mol. The van der Waals surface area contributed by atoms with Crippen LogP contribution in [0.1, 0.15) is 25.7 Å². The summed E-state index contributed by atoms with van der Waals surface area (Å²) >= 11 is 7.25. The van der Waals surface area contributed by atoms with Gasteiger partial charge in [0.2, 0.25) is 0 Å². The van der Waals surface area contributed by atoms with Gasteiger partial charge in [0.15, 0.2) is 0 Å². The van der Waals surface area contributed by atoms with Crippen LogP contribution in [-0.4, -0.2) is 33.9 Å². The Morgan fingerprint density at radius 1 is 1.35 bits per heavy atom. The van der Waals surface area contributed by atoms with Crippen LogP contribution in [0.2, 0.25) is 4.34 Å². The molecule has 2 aromatic rings. The Bertz CT molecular complexity index is 639. The van der Waals surface area contributed by atoms with Crippen LogP contribution in [0.3, 0.4) is 0 Å². The lowest BCUT2D eigenvalue weighted by atomic mass is 10.2. The first kappa shape index (κ1) is 14.5. The molecule has 0 aromatic carbocycles. The van der Waals surface area contributed by atoms with E-state index in [-0.39, 0.29) is 11.6 Å². The van der Waals surface area contributed by atoms with Crippen molar-refractivity contribution in [2.24, 2.45) is 0 Å². The molecule has 104 valence electrons. The summed E-state index contributed by atoms with van der Waals surface area (Å²) in [6.45, 7) is 0.441. The molecule has 1 N–H and O–H groups in total. The molecule has 0 atom stereocenters. The second-order valence-electron chi connectivity index (χ2n) is 4.10. The minimum Gasteiger partial charge on any atom is -0.477 e. The standard InChI is InChI=1S/C13H11ClN2O3S/c1-16(7-9-3-5-11(14)20-9)12(17)8-2-4-10(13(18)19)15-6-8/h2-6H,7H2,1H3,(H,18,19). The number of halogens is 1. The smallest absolute Gasteiger partial charge is 0.354 e. The van der Waals surface area contributed by atoms with Crippen LogP contribution in [0, 0.1) is 0 Å². The normalized spacial score (nSPS) is 10.3. The van der Waals surface area contributed by atoms with Gasteiger partial charge in [-0.25, -0.2) is 9.78 Å². The predicted molar refractivity (Wildman–Crippen MR) is 76.3 cm³/mol. The number of amides is 1. The van der Waals surface area contributed by atoms with Gasteiger partial charge in [-0.3, -0.25) is 4.79 Å². The number of aromatic carboxylic acids is 1. The van der Waals surface area contributed by atoms with Crippen LogP contribution in [0.15, 0.2) is 30.5 Å². The van der Waals surface area contributed by atoms with Gasteiger partial charge < -0.3 is 10.0 Å². The van der Waals surface area contributed by atoms with E-state index in [4.69, 9.17) is 16.7 Å². The fraction of sp³-hybridized carbons (Fsp3) is 0.154. The molecule has 1 amide bonds. The zero-order valence-electron chi connectivity index (χ0n) is 10.5. The summed E-state index contributed by atoms with van der Waals surface area (Å²) in [5.74, 6) is -1.34. The van der Waals surface area contributed by atoms with Crippen LogP contribution in [-0.2, 0) is 6.54 Å². The molecule has 5 nitrogen and oxygen atoms in total. The topological polar surface area (TPSA) is 70.5 Å². The molecule has 2 aromatic heterocycles. The number of aromatic nitrogens is 1. The van der Waals surface area contributed by atoms with Gasteiger partial charge in [0.25, 0.3) is 5.91 Å². The maximum atomic E-state index is 12.1. The van der Waals surface area contributed by atoms with E-state index in [1.54, 1.807) is 13.1 Å². The molecule has 0 saturated heterocycles. The number of rotatable bonds is 4. The molecule has 0 aliphatic rings. The van der Waals surface area contributed by atoms with Crippen LogP contribution in [0.25, 0.3) is 0 Å². The van der Waals surface area contributed by atoms with Crippen LogP contribution < -0.4 is 0 Å². The highest BCUT2D eigenvalue weighted by molar-refractivity contribution is 7.16. The molecule has 2 rings (SSSR count). The number of hydrogen-bond donors (Lipinski definition) is 1. The Morgan fingerprint density at radius 2 is 2.10 bits per heavy atom. The van der Waals surface area contributed by atoms with Crippen molar-refractivity contribution in [1.29, 1.82) is 0 Å². The van der Waals surface area contributed by atoms with Crippen molar-refractivity contribution < 1.29 is 14.7 Å². The number of nitrogens with zero attached hydrogens (tertiary/aromatic N) is 2. The summed E-state index contributed by atoms with van der Waals surface area (Å²) in [4.78, 5) is 29.1. The van der Waals surface area contributed by atoms with Crippen molar-refractivity contribution in [3.63, 3.8) is 0 Å². The molecule has 0 aliphatic carbocycles. The zero-order valence-corrected chi connectivity index (χ0v) is 12.1. The summed E-state index contributed by atoms with van der Waals surface area (Å²) in [7, 11) is 1.67. The van der Waals surface area contributed by atoms with Crippen LogP contribution >= 0.6 is 22.9 Å². The summed E-state index contributed by atoms with van der Waals surface area (Å²) in [6.07, 6.45) is 1.27. The number of carboxylic acid groups (broad SMARTS) is 1. The number of carbonyl (C=O) groups excluding carboxylic acids is 1. The average molecular weight is 311 g/mol. The van der Waals surface area contributed by atoms with Gasteiger partial charge in [0, 0.05) is 18.1 Å².